The Morgan fingerprint density at radius 2 is 2.00 bits per heavy atom. The number of amides is 1. The van der Waals surface area contributed by atoms with Gasteiger partial charge in [-0.25, -0.2) is 9.78 Å². The lowest BCUT2D eigenvalue weighted by molar-refractivity contribution is -0.113. The number of aryl methyl sites for hydroxylation is 1. The molecule has 7 nitrogen and oxygen atoms in total. The second kappa shape index (κ2) is 9.46. The number of rotatable bonds is 6. The van der Waals surface area contributed by atoms with Crippen molar-refractivity contribution in [1.29, 1.82) is 0 Å². The maximum Gasteiger partial charge on any atom is 0.341 e. The Bertz CT molecular complexity index is 1250. The number of fused-ring (bicyclic) bond motifs is 2. The van der Waals surface area contributed by atoms with Gasteiger partial charge in [-0.3, -0.25) is 14.2 Å². The molecule has 0 atom stereocenters. The van der Waals surface area contributed by atoms with Gasteiger partial charge in [-0.1, -0.05) is 23.9 Å². The number of thiophene rings is 1. The van der Waals surface area contributed by atoms with Crippen molar-refractivity contribution in [1.82, 2.24) is 9.55 Å². The molecule has 3 aromatic rings. The molecule has 0 saturated carbocycles. The van der Waals surface area contributed by atoms with Gasteiger partial charge in [0.15, 0.2) is 5.16 Å². The zero-order chi connectivity index (χ0) is 22.8. The Balaban J connectivity index is 1.57. The third kappa shape index (κ3) is 4.31. The smallest absolute Gasteiger partial charge is 0.341 e. The molecule has 0 unspecified atom stereocenters. The van der Waals surface area contributed by atoms with Gasteiger partial charge in [0.1, 0.15) is 5.00 Å². The fraction of sp³-hybridized carbons (Fsp3) is 0.391. The Labute approximate surface area is 194 Å². The van der Waals surface area contributed by atoms with Gasteiger partial charge < -0.3 is 10.1 Å². The van der Waals surface area contributed by atoms with E-state index in [2.05, 4.69) is 10.3 Å². The molecule has 0 aliphatic heterocycles. The van der Waals surface area contributed by atoms with E-state index in [-0.39, 0.29) is 23.3 Å². The lowest BCUT2D eigenvalue weighted by atomic mass is 9.95. The number of aromatic nitrogens is 2. The van der Waals surface area contributed by atoms with Gasteiger partial charge in [0.05, 0.1) is 29.3 Å². The Hall–Kier alpha value is -2.65. The predicted octanol–water partition coefficient (Wildman–Crippen LogP) is 4.44. The molecule has 0 radical (unpaired) electrons. The van der Waals surface area contributed by atoms with E-state index < -0.39 is 5.97 Å². The summed E-state index contributed by atoms with van der Waals surface area (Å²) in [6.07, 6.45) is 3.84. The third-order valence-electron chi connectivity index (χ3n) is 5.44. The summed E-state index contributed by atoms with van der Waals surface area (Å²) in [5.41, 5.74) is 1.97. The van der Waals surface area contributed by atoms with E-state index >= 15 is 0 Å². The fourth-order valence-electron chi connectivity index (χ4n) is 3.95. The van der Waals surface area contributed by atoms with Crippen LogP contribution in [0.15, 0.2) is 34.2 Å². The van der Waals surface area contributed by atoms with Gasteiger partial charge in [0, 0.05) is 10.9 Å². The van der Waals surface area contributed by atoms with E-state index in [4.69, 9.17) is 4.74 Å². The zero-order valence-corrected chi connectivity index (χ0v) is 19.9. The summed E-state index contributed by atoms with van der Waals surface area (Å²) >= 11 is 2.67. The molecule has 0 bridgehead atoms. The molecule has 1 N–H and O–H groups in total. The van der Waals surface area contributed by atoms with Crippen molar-refractivity contribution in [2.75, 3.05) is 18.2 Å². The van der Waals surface area contributed by atoms with Gasteiger partial charge >= 0.3 is 5.97 Å². The maximum absolute atomic E-state index is 13.0. The molecule has 2 aromatic heterocycles. The zero-order valence-electron chi connectivity index (χ0n) is 18.3. The summed E-state index contributed by atoms with van der Waals surface area (Å²) in [6.45, 7) is 3.83. The summed E-state index contributed by atoms with van der Waals surface area (Å²) in [6, 6.07) is 7.11. The average Bonchev–Trinajstić information content (AvgIpc) is 3.14. The summed E-state index contributed by atoms with van der Waals surface area (Å²) in [5.74, 6) is -0.602. The first-order valence-electron chi connectivity index (χ1n) is 10.6. The van der Waals surface area contributed by atoms with Crippen molar-refractivity contribution in [3.63, 3.8) is 0 Å². The number of anilines is 1. The van der Waals surface area contributed by atoms with Crippen molar-refractivity contribution in [3.8, 4) is 0 Å². The number of hydrogen-bond donors (Lipinski definition) is 1. The number of carbonyl (C=O) groups is 2. The molecule has 4 rings (SSSR count). The SMILES string of the molecule is COC(=O)c1c(NC(=O)CSc2nc3ccccc3c(=O)n2C(C)C)sc2c1CCCC2. The molecule has 1 aliphatic rings. The number of esters is 1. The van der Waals surface area contributed by atoms with Crippen LogP contribution in [0.4, 0.5) is 5.00 Å². The van der Waals surface area contributed by atoms with E-state index in [1.807, 2.05) is 26.0 Å². The summed E-state index contributed by atoms with van der Waals surface area (Å²) in [7, 11) is 1.35. The Morgan fingerprint density at radius 3 is 2.75 bits per heavy atom. The molecule has 0 fully saturated rings. The lowest BCUT2D eigenvalue weighted by Crippen LogP contribution is -2.25. The quantitative estimate of drug-likeness (QED) is 0.325. The molecular weight excluding hydrogens is 446 g/mol. The molecule has 9 heteroatoms. The minimum Gasteiger partial charge on any atom is -0.465 e. The summed E-state index contributed by atoms with van der Waals surface area (Å²) < 4.78 is 6.59. The van der Waals surface area contributed by atoms with Crippen LogP contribution < -0.4 is 10.9 Å². The van der Waals surface area contributed by atoms with Crippen molar-refractivity contribution in [2.24, 2.45) is 0 Å². The van der Waals surface area contributed by atoms with Crippen LogP contribution in [0, 0.1) is 0 Å². The molecular formula is C23H25N3O4S2. The first-order chi connectivity index (χ1) is 15.4. The van der Waals surface area contributed by atoms with Crippen molar-refractivity contribution < 1.29 is 14.3 Å². The summed E-state index contributed by atoms with van der Waals surface area (Å²) in [4.78, 5) is 43.9. The number of nitrogens with zero attached hydrogens (tertiary/aromatic N) is 2. The van der Waals surface area contributed by atoms with E-state index in [0.29, 0.717) is 26.6 Å². The van der Waals surface area contributed by atoms with Crippen molar-refractivity contribution in [2.45, 2.75) is 50.7 Å². The number of thioether (sulfide) groups is 1. The Morgan fingerprint density at radius 1 is 1.25 bits per heavy atom. The van der Waals surface area contributed by atoms with Crippen molar-refractivity contribution >= 4 is 50.9 Å². The molecule has 0 saturated heterocycles. The van der Waals surface area contributed by atoms with Crippen LogP contribution in [0.25, 0.3) is 10.9 Å². The predicted molar refractivity (Wildman–Crippen MR) is 128 cm³/mol. The first kappa shape index (κ1) is 22.5. The molecule has 2 heterocycles. The Kier molecular flexibility index (Phi) is 6.66. The number of para-hydroxylation sites is 1. The average molecular weight is 472 g/mol. The number of carbonyl (C=O) groups excluding carboxylic acids is 2. The second-order valence-electron chi connectivity index (χ2n) is 7.92. The van der Waals surface area contributed by atoms with Crippen LogP contribution in [0.2, 0.25) is 0 Å². The largest absolute Gasteiger partial charge is 0.465 e. The van der Waals surface area contributed by atoms with Crippen LogP contribution >= 0.6 is 23.1 Å². The molecule has 168 valence electrons. The van der Waals surface area contributed by atoms with Crippen LogP contribution in [0.3, 0.4) is 0 Å². The molecule has 1 aromatic carbocycles. The topological polar surface area (TPSA) is 90.3 Å². The van der Waals surface area contributed by atoms with Crippen LogP contribution in [0.1, 0.15) is 53.5 Å². The van der Waals surface area contributed by atoms with E-state index in [1.165, 1.54) is 30.2 Å². The van der Waals surface area contributed by atoms with E-state index in [1.54, 1.807) is 16.7 Å². The van der Waals surface area contributed by atoms with Gasteiger partial charge in [0.25, 0.3) is 5.56 Å². The van der Waals surface area contributed by atoms with Gasteiger partial charge in [-0.15, -0.1) is 11.3 Å². The number of ether oxygens (including phenoxy) is 1. The number of hydrogen-bond acceptors (Lipinski definition) is 7. The first-order valence-corrected chi connectivity index (χ1v) is 12.4. The van der Waals surface area contributed by atoms with E-state index in [9.17, 15) is 14.4 Å². The second-order valence-corrected chi connectivity index (χ2v) is 9.97. The summed E-state index contributed by atoms with van der Waals surface area (Å²) in [5, 5.41) is 4.50. The minimum atomic E-state index is -0.419. The monoisotopic (exact) mass is 471 g/mol. The molecule has 1 aliphatic carbocycles. The molecule has 1 amide bonds. The number of benzene rings is 1. The van der Waals surface area contributed by atoms with Crippen molar-refractivity contribution in [3.05, 3.63) is 50.6 Å². The highest BCUT2D eigenvalue weighted by Crippen LogP contribution is 2.38. The van der Waals surface area contributed by atoms with Crippen LogP contribution in [-0.2, 0) is 22.4 Å². The number of methoxy groups -OCH3 is 1. The van der Waals surface area contributed by atoms with Crippen LogP contribution in [-0.4, -0.2) is 34.3 Å². The third-order valence-corrected chi connectivity index (χ3v) is 7.60. The maximum atomic E-state index is 13.0. The normalized spacial score (nSPS) is 13.2. The van der Waals surface area contributed by atoms with Gasteiger partial charge in [-0.2, -0.15) is 0 Å². The van der Waals surface area contributed by atoms with Gasteiger partial charge in [-0.05, 0) is 57.2 Å². The standard InChI is InChI=1S/C23H25N3O4S2/c1-13(2)26-21(28)14-8-4-6-10-16(14)24-23(26)31-12-18(27)25-20-19(22(29)30-3)15-9-5-7-11-17(15)32-20/h4,6,8,10,13H,5,7,9,11-12H2,1-3H3,(H,25,27). The highest BCUT2D eigenvalue weighted by Gasteiger charge is 2.27. The molecule has 32 heavy (non-hydrogen) atoms. The fourth-order valence-corrected chi connectivity index (χ4v) is 6.17. The highest BCUT2D eigenvalue weighted by molar-refractivity contribution is 7.99. The van der Waals surface area contributed by atoms with Crippen LogP contribution in [0.5, 0.6) is 0 Å². The van der Waals surface area contributed by atoms with E-state index in [0.717, 1.165) is 36.1 Å². The number of nitrogens with one attached hydrogen (secondary N) is 1. The highest BCUT2D eigenvalue weighted by atomic mass is 32.2. The minimum absolute atomic E-state index is 0.0701. The van der Waals surface area contributed by atoms with Gasteiger partial charge in [0.2, 0.25) is 5.91 Å². The lowest BCUT2D eigenvalue weighted by Gasteiger charge is -2.16. The molecule has 0 spiro atoms.